The van der Waals surface area contributed by atoms with Gasteiger partial charge in [0.15, 0.2) is 0 Å². The average Bonchev–Trinajstić information content (AvgIpc) is 2.88. The number of piperidine rings is 1. The van der Waals surface area contributed by atoms with Crippen LogP contribution >= 0.6 is 11.3 Å². The Kier molecular flexibility index (Phi) is 5.54. The molecule has 112 valence electrons. The van der Waals surface area contributed by atoms with Crippen molar-refractivity contribution in [3.8, 4) is 0 Å². The Labute approximate surface area is 125 Å². The molecular weight excluding hydrogens is 270 g/mol. The van der Waals surface area contributed by atoms with Crippen molar-refractivity contribution in [2.24, 2.45) is 5.92 Å². The molecule has 20 heavy (non-hydrogen) atoms. The molecule has 0 aliphatic carbocycles. The molecule has 1 amide bonds. The van der Waals surface area contributed by atoms with E-state index in [9.17, 15) is 4.79 Å². The molecule has 0 aromatic carbocycles. The Balaban J connectivity index is 1.74. The largest absolute Gasteiger partial charge is 0.351 e. The Morgan fingerprint density at radius 2 is 2.40 bits per heavy atom. The lowest BCUT2D eigenvalue weighted by atomic mass is 9.95. The lowest BCUT2D eigenvalue weighted by molar-refractivity contribution is 0.0944. The van der Waals surface area contributed by atoms with Crippen LogP contribution in [0.2, 0.25) is 0 Å². The highest BCUT2D eigenvalue weighted by molar-refractivity contribution is 7.09. The van der Waals surface area contributed by atoms with E-state index in [1.807, 2.05) is 5.38 Å². The molecule has 0 bridgehead atoms. The minimum Gasteiger partial charge on any atom is -0.351 e. The molecule has 5 heteroatoms. The first-order valence-electron chi connectivity index (χ1n) is 7.48. The van der Waals surface area contributed by atoms with Crippen LogP contribution in [0.15, 0.2) is 5.38 Å². The highest BCUT2D eigenvalue weighted by Gasteiger charge is 2.17. The number of carbonyl (C=O) groups is 1. The summed E-state index contributed by atoms with van der Waals surface area (Å²) in [5, 5.41) is 5.89. The first-order chi connectivity index (χ1) is 9.56. The van der Waals surface area contributed by atoms with Crippen molar-refractivity contribution in [2.75, 3.05) is 26.7 Å². The summed E-state index contributed by atoms with van der Waals surface area (Å²) in [6.45, 7) is 7.32. The molecule has 1 atom stereocenters. The Morgan fingerprint density at radius 1 is 1.60 bits per heavy atom. The number of likely N-dealkylation sites (tertiary alicyclic amines) is 1. The summed E-state index contributed by atoms with van der Waals surface area (Å²) in [7, 11) is 2.17. The average molecular weight is 295 g/mol. The molecule has 2 heterocycles. The number of thiazole rings is 1. The van der Waals surface area contributed by atoms with Gasteiger partial charge in [-0.15, -0.1) is 11.3 Å². The molecule has 1 N–H and O–H groups in total. The van der Waals surface area contributed by atoms with E-state index < -0.39 is 0 Å². The fourth-order valence-electron chi connectivity index (χ4n) is 2.65. The number of nitrogens with one attached hydrogen (secondary N) is 1. The van der Waals surface area contributed by atoms with Gasteiger partial charge >= 0.3 is 0 Å². The van der Waals surface area contributed by atoms with Gasteiger partial charge in [-0.25, -0.2) is 4.98 Å². The van der Waals surface area contributed by atoms with Crippen LogP contribution < -0.4 is 5.32 Å². The van der Waals surface area contributed by atoms with Crippen LogP contribution in [0, 0.1) is 5.92 Å². The van der Waals surface area contributed by atoms with Crippen molar-refractivity contribution in [3.63, 3.8) is 0 Å². The van der Waals surface area contributed by atoms with Crippen LogP contribution in [0.4, 0.5) is 0 Å². The zero-order chi connectivity index (χ0) is 14.5. The normalized spacial score (nSPS) is 20.3. The Hall–Kier alpha value is -0.940. The van der Waals surface area contributed by atoms with Crippen LogP contribution in [0.25, 0.3) is 0 Å². The van der Waals surface area contributed by atoms with Crippen LogP contribution in [-0.4, -0.2) is 42.5 Å². The molecule has 0 spiro atoms. The van der Waals surface area contributed by atoms with Gasteiger partial charge in [0.25, 0.3) is 5.91 Å². The zero-order valence-corrected chi connectivity index (χ0v) is 13.5. The van der Waals surface area contributed by atoms with E-state index in [4.69, 9.17) is 0 Å². The smallest absolute Gasteiger partial charge is 0.270 e. The topological polar surface area (TPSA) is 45.2 Å². The van der Waals surface area contributed by atoms with E-state index in [0.29, 0.717) is 11.6 Å². The second-order valence-electron chi connectivity index (χ2n) is 6.04. The minimum atomic E-state index is -0.0303. The number of hydrogen-bond donors (Lipinski definition) is 1. The highest BCUT2D eigenvalue weighted by Crippen LogP contribution is 2.20. The monoisotopic (exact) mass is 295 g/mol. The maximum absolute atomic E-state index is 12.0. The van der Waals surface area contributed by atoms with E-state index in [1.165, 1.54) is 19.4 Å². The predicted molar refractivity (Wildman–Crippen MR) is 83.4 cm³/mol. The second-order valence-corrected chi connectivity index (χ2v) is 6.93. The van der Waals surface area contributed by atoms with Crippen molar-refractivity contribution in [2.45, 2.75) is 39.0 Å². The SMILES string of the molecule is CC(C)c1nc(C(=O)NCCC2CCCN(C)C2)cs1. The molecule has 1 saturated heterocycles. The highest BCUT2D eigenvalue weighted by atomic mass is 32.1. The number of aromatic nitrogens is 1. The Bertz CT molecular complexity index is 444. The van der Waals surface area contributed by atoms with E-state index in [2.05, 4.69) is 36.1 Å². The van der Waals surface area contributed by atoms with Crippen LogP contribution in [0.1, 0.15) is 54.5 Å². The zero-order valence-electron chi connectivity index (χ0n) is 12.7. The molecule has 1 aromatic rings. The van der Waals surface area contributed by atoms with Gasteiger partial charge in [0.05, 0.1) is 5.01 Å². The van der Waals surface area contributed by atoms with E-state index in [1.54, 1.807) is 11.3 Å². The summed E-state index contributed by atoms with van der Waals surface area (Å²) in [5.74, 6) is 1.08. The van der Waals surface area contributed by atoms with Gasteiger partial charge in [0.1, 0.15) is 5.69 Å². The fraction of sp³-hybridized carbons (Fsp3) is 0.733. The van der Waals surface area contributed by atoms with Gasteiger partial charge in [-0.1, -0.05) is 13.8 Å². The van der Waals surface area contributed by atoms with E-state index >= 15 is 0 Å². The molecule has 1 aliphatic rings. The lowest BCUT2D eigenvalue weighted by Crippen LogP contribution is -2.34. The standard InChI is InChI=1S/C15H25N3OS/c1-11(2)15-17-13(10-20-15)14(19)16-7-6-12-5-4-8-18(3)9-12/h10-12H,4-9H2,1-3H3,(H,16,19). The molecule has 1 unspecified atom stereocenters. The molecular formula is C15H25N3OS. The molecule has 0 radical (unpaired) electrons. The number of amides is 1. The van der Waals surface area contributed by atoms with Gasteiger partial charge in [-0.05, 0) is 38.8 Å². The van der Waals surface area contributed by atoms with E-state index in [0.717, 1.165) is 30.4 Å². The van der Waals surface area contributed by atoms with Crippen molar-refractivity contribution < 1.29 is 4.79 Å². The third-order valence-electron chi connectivity index (χ3n) is 3.81. The molecule has 1 fully saturated rings. The van der Waals surface area contributed by atoms with Gasteiger partial charge in [0, 0.05) is 24.4 Å². The van der Waals surface area contributed by atoms with Gasteiger partial charge < -0.3 is 10.2 Å². The molecule has 0 saturated carbocycles. The quantitative estimate of drug-likeness (QED) is 0.908. The van der Waals surface area contributed by atoms with Gasteiger partial charge in [-0.2, -0.15) is 0 Å². The van der Waals surface area contributed by atoms with Crippen molar-refractivity contribution >= 4 is 17.2 Å². The molecule has 4 nitrogen and oxygen atoms in total. The van der Waals surface area contributed by atoms with Crippen molar-refractivity contribution in [1.29, 1.82) is 0 Å². The number of rotatable bonds is 5. The first kappa shape index (κ1) is 15.4. The third kappa shape index (κ3) is 4.28. The van der Waals surface area contributed by atoms with Crippen LogP contribution in [0.3, 0.4) is 0 Å². The van der Waals surface area contributed by atoms with E-state index in [-0.39, 0.29) is 5.91 Å². The summed E-state index contributed by atoms with van der Waals surface area (Å²) in [6, 6.07) is 0. The predicted octanol–water partition coefficient (Wildman–Crippen LogP) is 2.73. The first-order valence-corrected chi connectivity index (χ1v) is 8.36. The molecule has 1 aliphatic heterocycles. The van der Waals surface area contributed by atoms with Crippen molar-refractivity contribution in [1.82, 2.24) is 15.2 Å². The summed E-state index contributed by atoms with van der Waals surface area (Å²) < 4.78 is 0. The van der Waals surface area contributed by atoms with Gasteiger partial charge in [-0.3, -0.25) is 4.79 Å². The van der Waals surface area contributed by atoms with Crippen molar-refractivity contribution in [3.05, 3.63) is 16.1 Å². The molecule has 1 aromatic heterocycles. The molecule has 2 rings (SSSR count). The summed E-state index contributed by atoms with van der Waals surface area (Å²) in [4.78, 5) is 18.8. The van der Waals surface area contributed by atoms with Crippen LogP contribution in [0.5, 0.6) is 0 Å². The maximum Gasteiger partial charge on any atom is 0.270 e. The fourth-order valence-corrected chi connectivity index (χ4v) is 3.46. The van der Waals surface area contributed by atoms with Gasteiger partial charge in [0.2, 0.25) is 0 Å². The number of nitrogens with zero attached hydrogens (tertiary/aromatic N) is 2. The summed E-state index contributed by atoms with van der Waals surface area (Å²) in [6.07, 6.45) is 3.63. The summed E-state index contributed by atoms with van der Waals surface area (Å²) >= 11 is 1.57. The third-order valence-corrected chi connectivity index (χ3v) is 4.95. The number of carbonyl (C=O) groups excluding carboxylic acids is 1. The summed E-state index contributed by atoms with van der Waals surface area (Å²) in [5.41, 5.74) is 0.569. The Morgan fingerprint density at radius 3 is 3.05 bits per heavy atom. The van der Waals surface area contributed by atoms with Crippen LogP contribution in [-0.2, 0) is 0 Å². The second kappa shape index (κ2) is 7.18. The minimum absolute atomic E-state index is 0.0303. The maximum atomic E-state index is 12.0. The number of hydrogen-bond acceptors (Lipinski definition) is 4. The lowest BCUT2D eigenvalue weighted by Gasteiger charge is -2.29.